The van der Waals surface area contributed by atoms with E-state index in [1.165, 1.54) is 4.31 Å². The summed E-state index contributed by atoms with van der Waals surface area (Å²) in [6, 6.07) is 16.7. The lowest BCUT2D eigenvalue weighted by Gasteiger charge is -2.34. The number of hydrogen-bond donors (Lipinski definition) is 0. The Kier molecular flexibility index (Phi) is 6.52. The lowest BCUT2D eigenvalue weighted by atomic mass is 10.1. The van der Waals surface area contributed by atoms with Gasteiger partial charge in [0.1, 0.15) is 0 Å². The van der Waals surface area contributed by atoms with Crippen molar-refractivity contribution in [1.29, 1.82) is 0 Å². The van der Waals surface area contributed by atoms with Crippen molar-refractivity contribution in [3.63, 3.8) is 0 Å². The quantitative estimate of drug-likeness (QED) is 0.741. The van der Waals surface area contributed by atoms with Crippen molar-refractivity contribution >= 4 is 27.5 Å². The van der Waals surface area contributed by atoms with Gasteiger partial charge in [-0.05, 0) is 23.6 Å². The molecule has 7 heteroatoms. The van der Waals surface area contributed by atoms with E-state index in [0.717, 1.165) is 11.1 Å². The van der Waals surface area contributed by atoms with Gasteiger partial charge in [0.25, 0.3) is 0 Å². The number of carbonyl (C=O) groups excluding carboxylic acids is 1. The molecule has 144 valence electrons. The zero-order chi connectivity index (χ0) is 19.3. The van der Waals surface area contributed by atoms with Crippen LogP contribution in [0.3, 0.4) is 0 Å². The van der Waals surface area contributed by atoms with Gasteiger partial charge in [0.15, 0.2) is 0 Å². The molecule has 27 heavy (non-hydrogen) atoms. The van der Waals surface area contributed by atoms with Gasteiger partial charge in [-0.1, -0.05) is 60.1 Å². The summed E-state index contributed by atoms with van der Waals surface area (Å²) >= 11 is 6.13. The van der Waals surface area contributed by atoms with E-state index in [1.54, 1.807) is 4.90 Å². The highest BCUT2D eigenvalue weighted by Crippen LogP contribution is 2.18. The van der Waals surface area contributed by atoms with Crippen LogP contribution in [0.25, 0.3) is 0 Å². The maximum atomic E-state index is 12.6. The van der Waals surface area contributed by atoms with Crippen molar-refractivity contribution in [2.45, 2.75) is 18.6 Å². The maximum absolute atomic E-state index is 12.6. The third kappa shape index (κ3) is 5.31. The van der Waals surface area contributed by atoms with Crippen molar-refractivity contribution in [2.75, 3.05) is 26.2 Å². The first-order chi connectivity index (χ1) is 13.0. The number of amides is 1. The molecule has 0 aliphatic carbocycles. The van der Waals surface area contributed by atoms with Crippen LogP contribution in [-0.2, 0) is 27.0 Å². The summed E-state index contributed by atoms with van der Waals surface area (Å²) in [6.07, 6.45) is 0.964. The van der Waals surface area contributed by atoms with Gasteiger partial charge in [-0.15, -0.1) is 0 Å². The number of aryl methyl sites for hydroxylation is 1. The molecule has 1 aliphatic rings. The Bertz CT molecular complexity index is 879. The van der Waals surface area contributed by atoms with E-state index < -0.39 is 10.0 Å². The van der Waals surface area contributed by atoms with Crippen molar-refractivity contribution in [2.24, 2.45) is 0 Å². The van der Waals surface area contributed by atoms with Crippen LogP contribution < -0.4 is 0 Å². The number of halogens is 1. The molecule has 1 heterocycles. The number of benzene rings is 2. The Morgan fingerprint density at radius 2 is 1.56 bits per heavy atom. The Morgan fingerprint density at radius 1 is 0.926 bits per heavy atom. The van der Waals surface area contributed by atoms with Crippen LogP contribution in [-0.4, -0.2) is 49.7 Å². The highest BCUT2D eigenvalue weighted by atomic mass is 35.5. The standard InChI is InChI=1S/C20H23ClN2O3S/c21-19-9-5-4-8-18(19)10-11-20(24)22-12-14-23(15-13-22)27(25,26)16-17-6-2-1-3-7-17/h1-9H,10-16H2. The topological polar surface area (TPSA) is 57.7 Å². The van der Waals surface area contributed by atoms with Crippen LogP contribution >= 0.6 is 11.6 Å². The van der Waals surface area contributed by atoms with E-state index in [2.05, 4.69) is 0 Å². The summed E-state index contributed by atoms with van der Waals surface area (Å²) < 4.78 is 26.7. The Hall–Kier alpha value is -1.89. The SMILES string of the molecule is O=C(CCc1ccccc1Cl)N1CCN(S(=O)(=O)Cc2ccccc2)CC1. The highest BCUT2D eigenvalue weighted by molar-refractivity contribution is 7.88. The van der Waals surface area contributed by atoms with Gasteiger partial charge < -0.3 is 4.90 Å². The van der Waals surface area contributed by atoms with Gasteiger partial charge in [-0.25, -0.2) is 8.42 Å². The number of piperazine rings is 1. The van der Waals surface area contributed by atoms with Crippen LogP contribution in [0.5, 0.6) is 0 Å². The fraction of sp³-hybridized carbons (Fsp3) is 0.350. The fourth-order valence-electron chi connectivity index (χ4n) is 3.19. The third-order valence-electron chi connectivity index (χ3n) is 4.74. The lowest BCUT2D eigenvalue weighted by Crippen LogP contribution is -2.50. The minimum absolute atomic E-state index is 0.00566. The summed E-state index contributed by atoms with van der Waals surface area (Å²) in [6.45, 7) is 1.53. The maximum Gasteiger partial charge on any atom is 0.222 e. The van der Waals surface area contributed by atoms with Gasteiger partial charge in [-0.2, -0.15) is 4.31 Å². The summed E-state index contributed by atoms with van der Waals surface area (Å²) in [4.78, 5) is 14.2. The van der Waals surface area contributed by atoms with Gasteiger partial charge in [0.2, 0.25) is 15.9 Å². The molecule has 0 aromatic heterocycles. The number of carbonyl (C=O) groups is 1. The molecule has 1 amide bonds. The van der Waals surface area contributed by atoms with Crippen LogP contribution in [0.2, 0.25) is 5.02 Å². The van der Waals surface area contributed by atoms with Gasteiger partial charge >= 0.3 is 0 Å². The zero-order valence-electron chi connectivity index (χ0n) is 15.1. The number of rotatable bonds is 6. The van der Waals surface area contributed by atoms with E-state index in [1.807, 2.05) is 54.6 Å². The van der Waals surface area contributed by atoms with Gasteiger partial charge in [-0.3, -0.25) is 4.79 Å². The van der Waals surface area contributed by atoms with Crippen LogP contribution in [0.4, 0.5) is 0 Å². The van der Waals surface area contributed by atoms with E-state index in [4.69, 9.17) is 11.6 Å². The van der Waals surface area contributed by atoms with E-state index in [-0.39, 0.29) is 11.7 Å². The molecule has 1 aliphatic heterocycles. The molecular weight excluding hydrogens is 384 g/mol. The molecule has 0 saturated carbocycles. The highest BCUT2D eigenvalue weighted by Gasteiger charge is 2.28. The van der Waals surface area contributed by atoms with Crippen molar-refractivity contribution in [1.82, 2.24) is 9.21 Å². The van der Waals surface area contributed by atoms with E-state index in [0.29, 0.717) is 44.0 Å². The Balaban J connectivity index is 1.50. The predicted octanol–water partition coefficient (Wildman–Crippen LogP) is 2.95. The molecule has 0 bridgehead atoms. The third-order valence-corrected chi connectivity index (χ3v) is 6.96. The molecule has 2 aromatic rings. The molecule has 0 radical (unpaired) electrons. The molecular formula is C20H23ClN2O3S. The predicted molar refractivity (Wildman–Crippen MR) is 107 cm³/mol. The number of hydrogen-bond acceptors (Lipinski definition) is 3. The summed E-state index contributed by atoms with van der Waals surface area (Å²) in [7, 11) is -3.37. The minimum Gasteiger partial charge on any atom is -0.340 e. The summed E-state index contributed by atoms with van der Waals surface area (Å²) in [5.41, 5.74) is 1.73. The van der Waals surface area contributed by atoms with E-state index in [9.17, 15) is 13.2 Å². The van der Waals surface area contributed by atoms with E-state index >= 15 is 0 Å². The molecule has 1 saturated heterocycles. The Labute approximate surface area is 165 Å². The average molecular weight is 407 g/mol. The molecule has 5 nitrogen and oxygen atoms in total. The minimum atomic E-state index is -3.37. The molecule has 0 N–H and O–H groups in total. The monoisotopic (exact) mass is 406 g/mol. The van der Waals surface area contributed by atoms with Crippen molar-refractivity contribution in [3.05, 3.63) is 70.7 Å². The second-order valence-corrected chi connectivity index (χ2v) is 8.99. The normalized spacial score (nSPS) is 15.7. The average Bonchev–Trinajstić information content (AvgIpc) is 2.68. The molecule has 3 rings (SSSR count). The smallest absolute Gasteiger partial charge is 0.222 e. The fourth-order valence-corrected chi connectivity index (χ4v) is 4.94. The van der Waals surface area contributed by atoms with Crippen LogP contribution in [0, 0.1) is 0 Å². The number of nitrogens with zero attached hydrogens (tertiary/aromatic N) is 2. The van der Waals surface area contributed by atoms with Gasteiger partial charge in [0, 0.05) is 37.6 Å². The largest absolute Gasteiger partial charge is 0.340 e. The molecule has 0 unspecified atom stereocenters. The molecule has 0 atom stereocenters. The zero-order valence-corrected chi connectivity index (χ0v) is 16.6. The second-order valence-electron chi connectivity index (χ2n) is 6.61. The Morgan fingerprint density at radius 3 is 2.22 bits per heavy atom. The van der Waals surface area contributed by atoms with Gasteiger partial charge in [0.05, 0.1) is 5.75 Å². The van der Waals surface area contributed by atoms with Crippen LogP contribution in [0.15, 0.2) is 54.6 Å². The first-order valence-electron chi connectivity index (χ1n) is 8.98. The second kappa shape index (κ2) is 8.87. The summed E-state index contributed by atoms with van der Waals surface area (Å²) in [5.74, 6) is 0.0314. The van der Waals surface area contributed by atoms with Crippen LogP contribution in [0.1, 0.15) is 17.5 Å². The molecule has 2 aromatic carbocycles. The lowest BCUT2D eigenvalue weighted by molar-refractivity contribution is -0.132. The number of sulfonamides is 1. The molecule has 0 spiro atoms. The van der Waals surface area contributed by atoms with Crippen molar-refractivity contribution < 1.29 is 13.2 Å². The van der Waals surface area contributed by atoms with Crippen molar-refractivity contribution in [3.8, 4) is 0 Å². The first-order valence-corrected chi connectivity index (χ1v) is 11.0. The first kappa shape index (κ1) is 19.9. The summed E-state index contributed by atoms with van der Waals surface area (Å²) in [5, 5.41) is 0.669. The molecule has 1 fully saturated rings.